The van der Waals surface area contributed by atoms with Crippen molar-refractivity contribution in [3.8, 4) is 0 Å². The first-order chi connectivity index (χ1) is 7.17. The molecule has 84 valence electrons. The van der Waals surface area contributed by atoms with Crippen LogP contribution in [0.3, 0.4) is 0 Å². The van der Waals surface area contributed by atoms with Crippen molar-refractivity contribution in [2.45, 2.75) is 11.4 Å². The second-order valence-corrected chi connectivity index (χ2v) is 4.44. The summed E-state index contributed by atoms with van der Waals surface area (Å²) < 4.78 is 30.2. The molecule has 7 heteroatoms. The van der Waals surface area contributed by atoms with E-state index in [4.69, 9.17) is 4.74 Å². The number of ether oxygens (including phenoxy) is 1. The number of nitrogens with one attached hydrogen (secondary N) is 2. The van der Waals surface area contributed by atoms with Crippen LogP contribution in [0, 0.1) is 0 Å². The molecule has 0 atom stereocenters. The number of rotatable bonds is 7. The first-order valence-electron chi connectivity index (χ1n) is 4.37. The van der Waals surface area contributed by atoms with Crippen LogP contribution in [0.25, 0.3) is 0 Å². The van der Waals surface area contributed by atoms with Crippen molar-refractivity contribution in [1.82, 2.24) is 14.7 Å². The van der Waals surface area contributed by atoms with E-state index in [0.29, 0.717) is 19.6 Å². The van der Waals surface area contributed by atoms with Crippen LogP contribution in [0.4, 0.5) is 0 Å². The topological polar surface area (TPSA) is 84.1 Å². The molecular formula is C8H13N3O3S. The smallest absolute Gasteiger partial charge is 0.257 e. The van der Waals surface area contributed by atoms with Crippen LogP contribution in [0.5, 0.6) is 0 Å². The number of imidazole rings is 1. The predicted octanol–water partition coefficient (Wildman–Crippen LogP) is 0.238. The molecule has 0 saturated carbocycles. The molecule has 0 saturated heterocycles. The number of H-pyrrole nitrogens is 1. The molecule has 0 fully saturated rings. The maximum Gasteiger partial charge on any atom is 0.257 e. The van der Waals surface area contributed by atoms with Crippen molar-refractivity contribution in [2.75, 3.05) is 13.2 Å². The van der Waals surface area contributed by atoms with Crippen LogP contribution in [0.2, 0.25) is 0 Å². The largest absolute Gasteiger partial charge is 0.502 e. The predicted molar refractivity (Wildman–Crippen MR) is 54.5 cm³/mol. The van der Waals surface area contributed by atoms with Crippen LogP contribution in [-0.4, -0.2) is 31.5 Å². The Bertz CT molecular complexity index is 385. The number of hydrogen-bond donors (Lipinski definition) is 2. The van der Waals surface area contributed by atoms with Crippen LogP contribution in [0.1, 0.15) is 6.42 Å². The quantitative estimate of drug-likeness (QED) is 0.520. The molecule has 1 aromatic rings. The lowest BCUT2D eigenvalue weighted by molar-refractivity contribution is 0.247. The Morgan fingerprint density at radius 2 is 2.47 bits per heavy atom. The number of hydrogen-bond acceptors (Lipinski definition) is 4. The molecule has 15 heavy (non-hydrogen) atoms. The summed E-state index contributed by atoms with van der Waals surface area (Å²) in [7, 11) is -3.45. The highest BCUT2D eigenvalue weighted by atomic mass is 32.2. The Morgan fingerprint density at radius 1 is 1.67 bits per heavy atom. The second kappa shape index (κ2) is 5.52. The Labute approximate surface area is 88.4 Å². The van der Waals surface area contributed by atoms with Gasteiger partial charge in [0, 0.05) is 6.54 Å². The van der Waals surface area contributed by atoms with Gasteiger partial charge in [-0.15, -0.1) is 0 Å². The summed E-state index contributed by atoms with van der Waals surface area (Å²) in [5, 5.41) is 0.0622. The Hall–Kier alpha value is -1.34. The van der Waals surface area contributed by atoms with Gasteiger partial charge in [0.1, 0.15) is 0 Å². The first kappa shape index (κ1) is 11.7. The molecule has 0 bridgehead atoms. The average Bonchev–Trinajstić information content (AvgIpc) is 2.70. The Morgan fingerprint density at radius 3 is 3.07 bits per heavy atom. The van der Waals surface area contributed by atoms with Gasteiger partial charge in [0.2, 0.25) is 0 Å². The lowest BCUT2D eigenvalue weighted by atomic mass is 10.5. The minimum absolute atomic E-state index is 0.0622. The van der Waals surface area contributed by atoms with Gasteiger partial charge < -0.3 is 9.72 Å². The highest BCUT2D eigenvalue weighted by molar-refractivity contribution is 7.89. The van der Waals surface area contributed by atoms with Gasteiger partial charge in [-0.3, -0.25) is 0 Å². The molecule has 6 nitrogen and oxygen atoms in total. The summed E-state index contributed by atoms with van der Waals surface area (Å²) in [4.78, 5) is 6.15. The number of aromatic nitrogens is 2. The highest BCUT2D eigenvalue weighted by Crippen LogP contribution is 2.01. The first-order valence-corrected chi connectivity index (χ1v) is 5.85. The summed E-state index contributed by atoms with van der Waals surface area (Å²) in [6.07, 6.45) is 4.47. The van der Waals surface area contributed by atoms with E-state index < -0.39 is 10.0 Å². The van der Waals surface area contributed by atoms with Crippen LogP contribution in [-0.2, 0) is 14.8 Å². The van der Waals surface area contributed by atoms with Crippen molar-refractivity contribution in [1.29, 1.82) is 0 Å². The molecule has 0 aliphatic heterocycles. The summed E-state index contributed by atoms with van der Waals surface area (Å²) in [6, 6.07) is 0. The van der Waals surface area contributed by atoms with Crippen LogP contribution >= 0.6 is 0 Å². The van der Waals surface area contributed by atoms with Gasteiger partial charge in [-0.25, -0.2) is 18.1 Å². The van der Waals surface area contributed by atoms with Gasteiger partial charge in [0.25, 0.3) is 10.0 Å². The molecule has 0 unspecified atom stereocenters. The molecule has 0 aliphatic rings. The van der Waals surface area contributed by atoms with Gasteiger partial charge >= 0.3 is 0 Å². The lowest BCUT2D eigenvalue weighted by Gasteiger charge is -2.03. The third kappa shape index (κ3) is 3.72. The molecule has 0 spiro atoms. The minimum atomic E-state index is -3.45. The third-order valence-electron chi connectivity index (χ3n) is 1.61. The fraction of sp³-hybridized carbons (Fsp3) is 0.375. The monoisotopic (exact) mass is 231 g/mol. The zero-order chi connectivity index (χ0) is 11.1. The molecule has 2 N–H and O–H groups in total. The standard InChI is InChI=1S/C8H13N3O3S/c1-2-14-5-3-4-11-15(12,13)8-6-9-7-10-8/h2,6-7,11H,1,3-5H2,(H,9,10). The Balaban J connectivity index is 2.35. The van der Waals surface area contributed by atoms with E-state index in [1.54, 1.807) is 0 Å². The fourth-order valence-electron chi connectivity index (χ4n) is 0.913. The maximum absolute atomic E-state index is 11.5. The van der Waals surface area contributed by atoms with Gasteiger partial charge in [-0.1, -0.05) is 6.58 Å². The van der Waals surface area contributed by atoms with E-state index in [0.717, 1.165) is 0 Å². The Kier molecular flexibility index (Phi) is 4.32. The number of aromatic amines is 1. The van der Waals surface area contributed by atoms with E-state index in [1.807, 2.05) is 0 Å². The van der Waals surface area contributed by atoms with Gasteiger partial charge in [0.15, 0.2) is 5.03 Å². The SMILES string of the molecule is C=COCCCNS(=O)(=O)c1cnc[nH]1. The zero-order valence-electron chi connectivity index (χ0n) is 8.14. The van der Waals surface area contributed by atoms with Gasteiger partial charge in [-0.2, -0.15) is 0 Å². The lowest BCUT2D eigenvalue weighted by Crippen LogP contribution is -2.25. The van der Waals surface area contributed by atoms with E-state index in [2.05, 4.69) is 21.3 Å². The third-order valence-corrected chi connectivity index (χ3v) is 3.00. The van der Waals surface area contributed by atoms with E-state index in [1.165, 1.54) is 18.8 Å². The zero-order valence-corrected chi connectivity index (χ0v) is 8.96. The van der Waals surface area contributed by atoms with E-state index in [9.17, 15) is 8.42 Å². The van der Waals surface area contributed by atoms with Crippen molar-refractivity contribution >= 4 is 10.0 Å². The highest BCUT2D eigenvalue weighted by Gasteiger charge is 2.13. The van der Waals surface area contributed by atoms with Crippen LogP contribution < -0.4 is 4.72 Å². The summed E-state index contributed by atoms with van der Waals surface area (Å²) >= 11 is 0. The summed E-state index contributed by atoms with van der Waals surface area (Å²) in [5.74, 6) is 0. The number of nitrogens with zero attached hydrogens (tertiary/aromatic N) is 1. The fourth-order valence-corrected chi connectivity index (χ4v) is 1.89. The molecule has 0 amide bonds. The van der Waals surface area contributed by atoms with Gasteiger partial charge in [-0.05, 0) is 6.42 Å². The molecule has 0 aromatic carbocycles. The summed E-state index contributed by atoms with van der Waals surface area (Å²) in [6.45, 7) is 4.13. The van der Waals surface area contributed by atoms with Crippen molar-refractivity contribution in [2.24, 2.45) is 0 Å². The molecule has 1 rings (SSSR count). The minimum Gasteiger partial charge on any atom is -0.502 e. The van der Waals surface area contributed by atoms with Crippen molar-refractivity contribution < 1.29 is 13.2 Å². The van der Waals surface area contributed by atoms with E-state index >= 15 is 0 Å². The number of sulfonamides is 1. The van der Waals surface area contributed by atoms with Gasteiger partial charge in [0.05, 0.1) is 25.4 Å². The average molecular weight is 231 g/mol. The maximum atomic E-state index is 11.5. The molecule has 1 heterocycles. The molecular weight excluding hydrogens is 218 g/mol. The second-order valence-electron chi connectivity index (χ2n) is 2.70. The van der Waals surface area contributed by atoms with Crippen molar-refractivity contribution in [3.05, 3.63) is 25.4 Å². The van der Waals surface area contributed by atoms with E-state index in [-0.39, 0.29) is 5.03 Å². The molecule has 0 aliphatic carbocycles. The summed E-state index contributed by atoms with van der Waals surface area (Å²) in [5.41, 5.74) is 0. The van der Waals surface area contributed by atoms with Crippen molar-refractivity contribution in [3.63, 3.8) is 0 Å². The van der Waals surface area contributed by atoms with Crippen LogP contribution in [0.15, 0.2) is 30.4 Å². The normalized spacial score (nSPS) is 11.2. The molecule has 1 aromatic heterocycles. The molecule has 0 radical (unpaired) electrons.